The maximum Gasteiger partial charge on any atom is 0.0388 e. The first-order valence-electron chi connectivity index (χ1n) is 6.46. The van der Waals surface area contributed by atoms with Crippen LogP contribution in [0.1, 0.15) is 51.0 Å². The first kappa shape index (κ1) is 12.1. The second kappa shape index (κ2) is 5.33. The van der Waals surface area contributed by atoms with Crippen molar-refractivity contribution in [2.45, 2.75) is 52.1 Å². The van der Waals surface area contributed by atoms with Gasteiger partial charge in [0.25, 0.3) is 0 Å². The van der Waals surface area contributed by atoms with E-state index in [1.165, 1.54) is 24.1 Å². The molecular formula is C14H23NS. The fourth-order valence-corrected chi connectivity index (χ4v) is 3.45. The van der Waals surface area contributed by atoms with Crippen LogP contribution in [0, 0.1) is 11.8 Å². The first-order chi connectivity index (χ1) is 7.66. The van der Waals surface area contributed by atoms with Gasteiger partial charge in [0.15, 0.2) is 0 Å². The van der Waals surface area contributed by atoms with E-state index in [0.29, 0.717) is 12.1 Å². The minimum Gasteiger partial charge on any atom is -0.306 e. The molecule has 90 valence electrons. The Morgan fingerprint density at radius 2 is 2.19 bits per heavy atom. The number of rotatable bonds is 3. The van der Waals surface area contributed by atoms with Gasteiger partial charge in [0, 0.05) is 17.0 Å². The maximum absolute atomic E-state index is 3.81. The van der Waals surface area contributed by atoms with E-state index in [0.717, 1.165) is 11.8 Å². The number of thiophene rings is 1. The average Bonchev–Trinajstić information content (AvgIpc) is 2.76. The summed E-state index contributed by atoms with van der Waals surface area (Å²) in [6.07, 6.45) is 4.14. The molecule has 0 amide bonds. The summed E-state index contributed by atoms with van der Waals surface area (Å²) in [5, 5.41) is 5.98. The number of hydrogen-bond acceptors (Lipinski definition) is 2. The molecule has 2 rings (SSSR count). The van der Waals surface area contributed by atoms with Crippen molar-refractivity contribution in [2.75, 3.05) is 0 Å². The van der Waals surface area contributed by atoms with Crippen LogP contribution in [0.3, 0.4) is 0 Å². The zero-order valence-corrected chi connectivity index (χ0v) is 11.4. The van der Waals surface area contributed by atoms with E-state index in [9.17, 15) is 0 Å². The van der Waals surface area contributed by atoms with E-state index in [1.54, 1.807) is 0 Å². The van der Waals surface area contributed by atoms with Gasteiger partial charge in [-0.25, -0.2) is 0 Å². The lowest BCUT2D eigenvalue weighted by molar-refractivity contribution is 0.217. The minimum absolute atomic E-state index is 0.512. The molecule has 4 atom stereocenters. The maximum atomic E-state index is 3.81. The van der Waals surface area contributed by atoms with Crippen molar-refractivity contribution < 1.29 is 0 Å². The van der Waals surface area contributed by atoms with Crippen LogP contribution in [0.15, 0.2) is 17.5 Å². The molecule has 1 aromatic heterocycles. The Morgan fingerprint density at radius 1 is 1.38 bits per heavy atom. The normalized spacial score (nSPS) is 32.6. The fraction of sp³-hybridized carbons (Fsp3) is 0.714. The van der Waals surface area contributed by atoms with Crippen molar-refractivity contribution >= 4 is 11.3 Å². The van der Waals surface area contributed by atoms with Gasteiger partial charge >= 0.3 is 0 Å². The third-order valence-corrected chi connectivity index (χ3v) is 4.95. The molecule has 2 heteroatoms. The highest BCUT2D eigenvalue weighted by Crippen LogP contribution is 2.30. The quantitative estimate of drug-likeness (QED) is 0.830. The van der Waals surface area contributed by atoms with E-state index in [2.05, 4.69) is 43.6 Å². The Labute approximate surface area is 103 Å². The van der Waals surface area contributed by atoms with Crippen LogP contribution in [0.25, 0.3) is 0 Å². The Kier molecular flexibility index (Phi) is 4.04. The van der Waals surface area contributed by atoms with Gasteiger partial charge in [-0.2, -0.15) is 0 Å². The summed E-state index contributed by atoms with van der Waals surface area (Å²) in [6.45, 7) is 7.07. The highest BCUT2D eigenvalue weighted by Gasteiger charge is 2.26. The predicted octanol–water partition coefficient (Wildman–Crippen LogP) is 4.22. The largest absolute Gasteiger partial charge is 0.306 e. The molecule has 1 aliphatic rings. The monoisotopic (exact) mass is 237 g/mol. The average molecular weight is 237 g/mol. The van der Waals surface area contributed by atoms with Crippen LogP contribution < -0.4 is 5.32 Å². The summed E-state index contributed by atoms with van der Waals surface area (Å²) in [6, 6.07) is 5.60. The van der Waals surface area contributed by atoms with Crippen LogP contribution in [0.4, 0.5) is 0 Å². The van der Waals surface area contributed by atoms with Gasteiger partial charge in [-0.15, -0.1) is 11.3 Å². The highest BCUT2D eigenvalue weighted by atomic mass is 32.1. The molecule has 1 N–H and O–H groups in total. The van der Waals surface area contributed by atoms with Gasteiger partial charge in [-0.05, 0) is 43.0 Å². The minimum atomic E-state index is 0.512. The smallest absolute Gasteiger partial charge is 0.0388 e. The van der Waals surface area contributed by atoms with Gasteiger partial charge in [0.2, 0.25) is 0 Å². The molecule has 1 saturated carbocycles. The van der Waals surface area contributed by atoms with E-state index in [-0.39, 0.29) is 0 Å². The highest BCUT2D eigenvalue weighted by molar-refractivity contribution is 7.10. The number of hydrogen-bond donors (Lipinski definition) is 1. The number of nitrogens with one attached hydrogen (secondary N) is 1. The topological polar surface area (TPSA) is 12.0 Å². The third-order valence-electron chi connectivity index (χ3n) is 3.89. The molecule has 1 heterocycles. The Morgan fingerprint density at radius 3 is 2.88 bits per heavy atom. The van der Waals surface area contributed by atoms with Crippen LogP contribution in [0.5, 0.6) is 0 Å². The van der Waals surface area contributed by atoms with Gasteiger partial charge in [-0.1, -0.05) is 26.3 Å². The summed E-state index contributed by atoms with van der Waals surface area (Å²) < 4.78 is 0. The van der Waals surface area contributed by atoms with E-state index < -0.39 is 0 Å². The lowest BCUT2D eigenvalue weighted by Crippen LogP contribution is -2.40. The second-order valence-corrected chi connectivity index (χ2v) is 6.39. The molecule has 0 saturated heterocycles. The predicted molar refractivity (Wildman–Crippen MR) is 71.8 cm³/mol. The zero-order valence-electron chi connectivity index (χ0n) is 10.6. The van der Waals surface area contributed by atoms with Crippen molar-refractivity contribution in [3.63, 3.8) is 0 Å². The molecular weight excluding hydrogens is 214 g/mol. The molecule has 0 aromatic carbocycles. The van der Waals surface area contributed by atoms with Crippen LogP contribution in [0.2, 0.25) is 0 Å². The SMILES string of the molecule is CC1CCC(C)C(N[C@H](C)c2cccs2)C1. The van der Waals surface area contributed by atoms with Gasteiger partial charge in [-0.3, -0.25) is 0 Å². The summed E-state index contributed by atoms with van der Waals surface area (Å²) in [7, 11) is 0. The van der Waals surface area contributed by atoms with Crippen LogP contribution >= 0.6 is 11.3 Å². The molecule has 1 aromatic rings. The van der Waals surface area contributed by atoms with E-state index in [1.807, 2.05) is 11.3 Å². The lowest BCUT2D eigenvalue weighted by Gasteiger charge is -2.35. The molecule has 1 aliphatic carbocycles. The second-order valence-electron chi connectivity index (χ2n) is 5.41. The van der Waals surface area contributed by atoms with Crippen molar-refractivity contribution in [1.29, 1.82) is 0 Å². The standard InChI is InChI=1S/C14H23NS/c1-10-6-7-11(2)13(9-10)15-12(3)14-5-4-8-16-14/h4-5,8,10-13,15H,6-7,9H2,1-3H3/t10?,11?,12-,13?/m1/s1. The molecule has 0 radical (unpaired) electrons. The van der Waals surface area contributed by atoms with Crippen LogP contribution in [-0.4, -0.2) is 6.04 Å². The molecule has 0 bridgehead atoms. The Hall–Kier alpha value is -0.340. The van der Waals surface area contributed by atoms with Gasteiger partial charge < -0.3 is 5.32 Å². The molecule has 1 nitrogen and oxygen atoms in total. The van der Waals surface area contributed by atoms with Crippen LogP contribution in [-0.2, 0) is 0 Å². The van der Waals surface area contributed by atoms with E-state index in [4.69, 9.17) is 0 Å². The van der Waals surface area contributed by atoms with Crippen molar-refractivity contribution in [3.8, 4) is 0 Å². The Bertz CT molecular complexity index is 307. The van der Waals surface area contributed by atoms with Crippen molar-refractivity contribution in [2.24, 2.45) is 11.8 Å². The molecule has 3 unspecified atom stereocenters. The summed E-state index contributed by atoms with van der Waals surface area (Å²) in [5.74, 6) is 1.72. The van der Waals surface area contributed by atoms with Gasteiger partial charge in [0.05, 0.1) is 0 Å². The molecule has 0 spiro atoms. The third kappa shape index (κ3) is 2.86. The molecule has 0 aliphatic heterocycles. The summed E-state index contributed by atoms with van der Waals surface area (Å²) >= 11 is 1.86. The van der Waals surface area contributed by atoms with Gasteiger partial charge in [0.1, 0.15) is 0 Å². The molecule has 1 fully saturated rings. The van der Waals surface area contributed by atoms with Crippen molar-refractivity contribution in [3.05, 3.63) is 22.4 Å². The first-order valence-corrected chi connectivity index (χ1v) is 7.34. The van der Waals surface area contributed by atoms with E-state index >= 15 is 0 Å². The lowest BCUT2D eigenvalue weighted by atomic mass is 9.80. The molecule has 16 heavy (non-hydrogen) atoms. The summed E-state index contributed by atoms with van der Waals surface area (Å²) in [4.78, 5) is 1.46. The van der Waals surface area contributed by atoms with Crippen molar-refractivity contribution in [1.82, 2.24) is 5.32 Å². The zero-order chi connectivity index (χ0) is 11.5. The Balaban J connectivity index is 1.93. The fourth-order valence-electron chi connectivity index (χ4n) is 2.71. The summed E-state index contributed by atoms with van der Waals surface area (Å²) in [5.41, 5.74) is 0.